The van der Waals surface area contributed by atoms with Crippen LogP contribution in [0, 0.1) is 12.3 Å². The van der Waals surface area contributed by atoms with Gasteiger partial charge < -0.3 is 5.73 Å². The van der Waals surface area contributed by atoms with Crippen LogP contribution in [0.25, 0.3) is 0 Å². The first-order valence-electron chi connectivity index (χ1n) is 2.99. The number of rotatable bonds is 1. The van der Waals surface area contributed by atoms with Crippen molar-refractivity contribution in [1.82, 2.24) is 0 Å². The van der Waals surface area contributed by atoms with Crippen molar-refractivity contribution in [2.24, 2.45) is 5.73 Å². The SMILES string of the molecule is C#CCC1(N)CCC1. The third kappa shape index (κ3) is 0.850. The van der Waals surface area contributed by atoms with Gasteiger partial charge >= 0.3 is 0 Å². The molecule has 0 unspecified atom stereocenters. The van der Waals surface area contributed by atoms with E-state index in [1.807, 2.05) is 0 Å². The first-order chi connectivity index (χ1) is 3.77. The molecule has 8 heavy (non-hydrogen) atoms. The second-order valence-corrected chi connectivity index (χ2v) is 2.60. The smallest absolute Gasteiger partial charge is 0.0267 e. The van der Waals surface area contributed by atoms with Crippen LogP contribution in [-0.4, -0.2) is 5.54 Å². The van der Waals surface area contributed by atoms with Gasteiger partial charge in [0.25, 0.3) is 0 Å². The molecule has 0 aromatic carbocycles. The molecule has 0 radical (unpaired) electrons. The summed E-state index contributed by atoms with van der Waals surface area (Å²) in [6, 6.07) is 0. The van der Waals surface area contributed by atoms with E-state index < -0.39 is 0 Å². The Bertz CT molecular complexity index is 117. The monoisotopic (exact) mass is 109 g/mol. The Hall–Kier alpha value is -0.480. The van der Waals surface area contributed by atoms with Crippen molar-refractivity contribution in [3.63, 3.8) is 0 Å². The third-order valence-electron chi connectivity index (χ3n) is 1.80. The van der Waals surface area contributed by atoms with Gasteiger partial charge in [0.15, 0.2) is 0 Å². The molecule has 0 aromatic heterocycles. The summed E-state index contributed by atoms with van der Waals surface area (Å²) in [6.07, 6.45) is 9.36. The maximum Gasteiger partial charge on any atom is 0.0267 e. The Kier molecular flexibility index (Phi) is 1.27. The minimum Gasteiger partial charge on any atom is -0.324 e. The van der Waals surface area contributed by atoms with Gasteiger partial charge in [-0.25, -0.2) is 0 Å². The van der Waals surface area contributed by atoms with E-state index in [2.05, 4.69) is 5.92 Å². The minimum absolute atomic E-state index is 0.0365. The third-order valence-corrected chi connectivity index (χ3v) is 1.80. The van der Waals surface area contributed by atoms with Gasteiger partial charge in [-0.2, -0.15) is 0 Å². The van der Waals surface area contributed by atoms with E-state index >= 15 is 0 Å². The summed E-state index contributed by atoms with van der Waals surface area (Å²) in [5, 5.41) is 0. The van der Waals surface area contributed by atoms with E-state index in [1.165, 1.54) is 6.42 Å². The minimum atomic E-state index is 0.0365. The summed E-state index contributed by atoms with van der Waals surface area (Å²) in [7, 11) is 0. The molecule has 44 valence electrons. The lowest BCUT2D eigenvalue weighted by molar-refractivity contribution is 0.255. The Morgan fingerprint density at radius 1 is 1.62 bits per heavy atom. The molecular formula is C7H11N. The molecule has 1 aliphatic rings. The second-order valence-electron chi connectivity index (χ2n) is 2.60. The van der Waals surface area contributed by atoms with Crippen LogP contribution in [0.1, 0.15) is 25.7 Å². The average Bonchev–Trinajstić information content (AvgIpc) is 1.64. The maximum atomic E-state index is 5.77. The molecule has 1 aliphatic carbocycles. The van der Waals surface area contributed by atoms with Crippen molar-refractivity contribution in [3.8, 4) is 12.3 Å². The molecule has 0 atom stereocenters. The van der Waals surface area contributed by atoms with Gasteiger partial charge in [-0.15, -0.1) is 12.3 Å². The Balaban J connectivity index is 2.33. The zero-order valence-electron chi connectivity index (χ0n) is 4.98. The lowest BCUT2D eigenvalue weighted by atomic mass is 9.76. The second kappa shape index (κ2) is 1.80. The number of hydrogen-bond donors (Lipinski definition) is 1. The van der Waals surface area contributed by atoms with Crippen molar-refractivity contribution >= 4 is 0 Å². The molecule has 0 bridgehead atoms. The van der Waals surface area contributed by atoms with Crippen LogP contribution in [0.4, 0.5) is 0 Å². The number of terminal acetylenes is 1. The van der Waals surface area contributed by atoms with Crippen LogP contribution < -0.4 is 5.73 Å². The van der Waals surface area contributed by atoms with Gasteiger partial charge in [0, 0.05) is 12.0 Å². The molecule has 1 heteroatoms. The average molecular weight is 109 g/mol. The number of hydrogen-bond acceptors (Lipinski definition) is 1. The highest BCUT2D eigenvalue weighted by Gasteiger charge is 2.30. The highest BCUT2D eigenvalue weighted by molar-refractivity contribution is 5.02. The lowest BCUT2D eigenvalue weighted by Crippen LogP contribution is -2.45. The highest BCUT2D eigenvalue weighted by Crippen LogP contribution is 2.31. The van der Waals surface area contributed by atoms with E-state index in [9.17, 15) is 0 Å². The summed E-state index contributed by atoms with van der Waals surface area (Å²) in [5.41, 5.74) is 5.81. The van der Waals surface area contributed by atoms with E-state index in [0.29, 0.717) is 0 Å². The highest BCUT2D eigenvalue weighted by atomic mass is 14.8. The fraction of sp³-hybridized carbons (Fsp3) is 0.714. The van der Waals surface area contributed by atoms with Crippen molar-refractivity contribution in [1.29, 1.82) is 0 Å². The molecule has 0 spiro atoms. The lowest BCUT2D eigenvalue weighted by Gasteiger charge is -2.36. The fourth-order valence-corrected chi connectivity index (χ4v) is 1.01. The van der Waals surface area contributed by atoms with Crippen LogP contribution in [0.5, 0.6) is 0 Å². The Morgan fingerprint density at radius 2 is 2.25 bits per heavy atom. The van der Waals surface area contributed by atoms with Gasteiger partial charge in [0.2, 0.25) is 0 Å². The fourth-order valence-electron chi connectivity index (χ4n) is 1.01. The molecule has 1 nitrogen and oxygen atoms in total. The molecule has 1 rings (SSSR count). The first-order valence-corrected chi connectivity index (χ1v) is 2.99. The van der Waals surface area contributed by atoms with Crippen LogP contribution in [-0.2, 0) is 0 Å². The van der Waals surface area contributed by atoms with Crippen molar-refractivity contribution < 1.29 is 0 Å². The summed E-state index contributed by atoms with van der Waals surface area (Å²) < 4.78 is 0. The van der Waals surface area contributed by atoms with Crippen molar-refractivity contribution in [3.05, 3.63) is 0 Å². The van der Waals surface area contributed by atoms with Crippen LogP contribution >= 0.6 is 0 Å². The molecule has 0 aromatic rings. The van der Waals surface area contributed by atoms with E-state index in [1.54, 1.807) is 0 Å². The predicted octanol–water partition coefficient (Wildman–Crippen LogP) is 0.891. The summed E-state index contributed by atoms with van der Waals surface area (Å²) in [6.45, 7) is 0. The van der Waals surface area contributed by atoms with Crippen molar-refractivity contribution in [2.75, 3.05) is 0 Å². The predicted molar refractivity (Wildman–Crippen MR) is 34.2 cm³/mol. The van der Waals surface area contributed by atoms with Gasteiger partial charge in [-0.05, 0) is 19.3 Å². The van der Waals surface area contributed by atoms with E-state index in [-0.39, 0.29) is 5.54 Å². The van der Waals surface area contributed by atoms with E-state index in [0.717, 1.165) is 19.3 Å². The van der Waals surface area contributed by atoms with Gasteiger partial charge in [-0.1, -0.05) is 0 Å². The quantitative estimate of drug-likeness (QED) is 0.497. The topological polar surface area (TPSA) is 26.0 Å². The normalized spacial score (nSPS) is 23.5. The molecule has 0 saturated heterocycles. The Morgan fingerprint density at radius 3 is 2.38 bits per heavy atom. The van der Waals surface area contributed by atoms with E-state index in [4.69, 9.17) is 12.2 Å². The maximum absolute atomic E-state index is 5.77. The standard InChI is InChI=1S/C7H11N/c1-2-4-7(8)5-3-6-7/h1H,3-6,8H2. The summed E-state index contributed by atoms with van der Waals surface area (Å²) >= 11 is 0. The summed E-state index contributed by atoms with van der Waals surface area (Å²) in [4.78, 5) is 0. The number of nitrogens with two attached hydrogens (primary N) is 1. The Labute approximate surface area is 50.3 Å². The molecule has 1 saturated carbocycles. The van der Waals surface area contributed by atoms with Crippen LogP contribution in [0.15, 0.2) is 0 Å². The molecule has 1 fully saturated rings. The molecule has 0 heterocycles. The van der Waals surface area contributed by atoms with Crippen LogP contribution in [0.2, 0.25) is 0 Å². The molecule has 0 amide bonds. The largest absolute Gasteiger partial charge is 0.324 e. The zero-order chi connectivity index (χ0) is 6.04. The van der Waals surface area contributed by atoms with Gasteiger partial charge in [0.1, 0.15) is 0 Å². The van der Waals surface area contributed by atoms with Gasteiger partial charge in [-0.3, -0.25) is 0 Å². The van der Waals surface area contributed by atoms with Gasteiger partial charge in [0.05, 0.1) is 0 Å². The van der Waals surface area contributed by atoms with Crippen LogP contribution in [0.3, 0.4) is 0 Å². The molecular weight excluding hydrogens is 98.1 g/mol. The summed E-state index contributed by atoms with van der Waals surface area (Å²) in [5.74, 6) is 2.59. The zero-order valence-corrected chi connectivity index (χ0v) is 4.98. The molecule has 0 aliphatic heterocycles. The first kappa shape index (κ1) is 5.65. The molecule has 2 N–H and O–H groups in total. The van der Waals surface area contributed by atoms with Crippen molar-refractivity contribution in [2.45, 2.75) is 31.2 Å².